The number of hydrogen-bond acceptors (Lipinski definition) is 5. The molecule has 0 bridgehead atoms. The maximum absolute atomic E-state index is 9.91. The summed E-state index contributed by atoms with van der Waals surface area (Å²) < 4.78 is 5.85. The maximum atomic E-state index is 9.91. The Kier molecular flexibility index (Phi) is 4.94. The lowest BCUT2D eigenvalue weighted by Gasteiger charge is -2.28. The Labute approximate surface area is 159 Å². The highest BCUT2D eigenvalue weighted by Crippen LogP contribution is 2.44. The minimum Gasteiger partial charge on any atom is -0.494 e. The van der Waals surface area contributed by atoms with Gasteiger partial charge in [-0.1, -0.05) is 30.3 Å². The predicted octanol–water partition coefficient (Wildman–Crippen LogP) is 4.37. The number of methoxy groups -OCH3 is 1. The van der Waals surface area contributed by atoms with E-state index in [1.54, 1.807) is 7.11 Å². The van der Waals surface area contributed by atoms with E-state index < -0.39 is 0 Å². The monoisotopic (exact) mass is 363 g/mol. The number of ether oxygens (including phenoxy) is 1. The van der Waals surface area contributed by atoms with Crippen LogP contribution in [0.15, 0.2) is 42.6 Å². The first-order valence-electron chi connectivity index (χ1n) is 9.50. The van der Waals surface area contributed by atoms with Crippen LogP contribution in [0, 0.1) is 0 Å². The zero-order valence-electron chi connectivity index (χ0n) is 15.8. The van der Waals surface area contributed by atoms with Gasteiger partial charge in [0.2, 0.25) is 5.95 Å². The van der Waals surface area contributed by atoms with Crippen molar-refractivity contribution in [3.05, 3.63) is 48.2 Å². The molecule has 5 heteroatoms. The topological polar surface area (TPSA) is 67.3 Å². The molecule has 0 amide bonds. The van der Waals surface area contributed by atoms with Gasteiger partial charge in [0.15, 0.2) is 0 Å². The number of benzene rings is 2. The second-order valence-corrected chi connectivity index (χ2v) is 7.12. The van der Waals surface area contributed by atoms with Crippen LogP contribution >= 0.6 is 0 Å². The first-order valence-corrected chi connectivity index (χ1v) is 9.50. The number of nitrogens with zero attached hydrogens (tertiary/aromatic N) is 2. The van der Waals surface area contributed by atoms with E-state index in [2.05, 4.69) is 28.5 Å². The molecule has 5 nitrogen and oxygen atoms in total. The van der Waals surface area contributed by atoms with E-state index in [0.717, 1.165) is 53.5 Å². The Morgan fingerprint density at radius 3 is 2.52 bits per heavy atom. The number of hydrogen-bond donors (Lipinski definition) is 2. The zero-order valence-corrected chi connectivity index (χ0v) is 15.8. The molecule has 0 saturated heterocycles. The smallest absolute Gasteiger partial charge is 0.223 e. The molecule has 1 heterocycles. The summed E-state index contributed by atoms with van der Waals surface area (Å²) >= 11 is 0. The highest BCUT2D eigenvalue weighted by molar-refractivity contribution is 5.99. The van der Waals surface area contributed by atoms with Gasteiger partial charge in [-0.15, -0.1) is 0 Å². The van der Waals surface area contributed by atoms with Gasteiger partial charge in [-0.25, -0.2) is 9.97 Å². The summed E-state index contributed by atoms with van der Waals surface area (Å²) in [6.07, 6.45) is 5.27. The first-order chi connectivity index (χ1) is 13.2. The van der Waals surface area contributed by atoms with E-state index in [1.807, 2.05) is 31.4 Å². The molecule has 140 valence electrons. The molecule has 0 atom stereocenters. The highest BCUT2D eigenvalue weighted by Gasteiger charge is 2.26. The summed E-state index contributed by atoms with van der Waals surface area (Å²) in [6, 6.07) is 12.6. The first kappa shape index (κ1) is 17.7. The minimum atomic E-state index is -0.181. The van der Waals surface area contributed by atoms with Crippen LogP contribution in [0.3, 0.4) is 0 Å². The average Bonchev–Trinajstić information content (AvgIpc) is 2.73. The fourth-order valence-corrected chi connectivity index (χ4v) is 4.07. The van der Waals surface area contributed by atoms with Gasteiger partial charge < -0.3 is 15.2 Å². The van der Waals surface area contributed by atoms with Crippen molar-refractivity contribution in [1.82, 2.24) is 9.97 Å². The van der Waals surface area contributed by atoms with Crippen molar-refractivity contribution < 1.29 is 9.84 Å². The second kappa shape index (κ2) is 7.53. The Bertz CT molecular complexity index is 935. The van der Waals surface area contributed by atoms with Crippen molar-refractivity contribution in [2.45, 2.75) is 37.7 Å². The van der Waals surface area contributed by atoms with Crippen LogP contribution in [0.1, 0.15) is 37.2 Å². The van der Waals surface area contributed by atoms with Gasteiger partial charge in [-0.3, -0.25) is 0 Å². The molecule has 0 radical (unpaired) electrons. The van der Waals surface area contributed by atoms with Gasteiger partial charge in [0, 0.05) is 24.2 Å². The number of aliphatic hydroxyl groups is 1. The van der Waals surface area contributed by atoms with E-state index in [-0.39, 0.29) is 6.10 Å². The molecule has 0 unspecified atom stereocenters. The van der Waals surface area contributed by atoms with Crippen LogP contribution < -0.4 is 10.1 Å². The quantitative estimate of drug-likeness (QED) is 0.721. The molecule has 1 saturated carbocycles. The molecule has 27 heavy (non-hydrogen) atoms. The molecule has 4 rings (SSSR count). The lowest BCUT2D eigenvalue weighted by molar-refractivity contribution is 0.122. The van der Waals surface area contributed by atoms with E-state index in [1.165, 1.54) is 5.56 Å². The SMILES string of the molecule is CNc1ncc2c(-c3ccccc3)cc(C3CCC(O)CC3)c(OC)c2n1. The minimum absolute atomic E-state index is 0.181. The number of rotatable bonds is 4. The lowest BCUT2D eigenvalue weighted by atomic mass is 9.81. The third kappa shape index (κ3) is 3.35. The molecular weight excluding hydrogens is 338 g/mol. The normalized spacial score (nSPS) is 19.8. The maximum Gasteiger partial charge on any atom is 0.223 e. The van der Waals surface area contributed by atoms with E-state index in [0.29, 0.717) is 11.9 Å². The number of aliphatic hydroxyl groups excluding tert-OH is 1. The van der Waals surface area contributed by atoms with Crippen molar-refractivity contribution >= 4 is 16.9 Å². The predicted molar refractivity (Wildman–Crippen MR) is 108 cm³/mol. The molecule has 1 aliphatic carbocycles. The summed E-state index contributed by atoms with van der Waals surface area (Å²) in [5, 5.41) is 13.9. The summed E-state index contributed by atoms with van der Waals surface area (Å²) in [5.74, 6) is 1.77. The number of anilines is 1. The van der Waals surface area contributed by atoms with Crippen LogP contribution in [0.5, 0.6) is 5.75 Å². The molecule has 1 aliphatic rings. The van der Waals surface area contributed by atoms with Gasteiger partial charge in [0.1, 0.15) is 11.3 Å². The second-order valence-electron chi connectivity index (χ2n) is 7.12. The van der Waals surface area contributed by atoms with E-state index in [4.69, 9.17) is 9.72 Å². The van der Waals surface area contributed by atoms with Gasteiger partial charge in [-0.05, 0) is 48.8 Å². The van der Waals surface area contributed by atoms with Crippen LogP contribution in [0.2, 0.25) is 0 Å². The van der Waals surface area contributed by atoms with Gasteiger partial charge in [-0.2, -0.15) is 0 Å². The van der Waals surface area contributed by atoms with Crippen molar-refractivity contribution in [2.75, 3.05) is 19.5 Å². The van der Waals surface area contributed by atoms with Gasteiger partial charge in [0.25, 0.3) is 0 Å². The van der Waals surface area contributed by atoms with Crippen LogP contribution in [0.4, 0.5) is 5.95 Å². The van der Waals surface area contributed by atoms with Crippen molar-refractivity contribution in [1.29, 1.82) is 0 Å². The van der Waals surface area contributed by atoms with Crippen LogP contribution in [0.25, 0.3) is 22.0 Å². The lowest BCUT2D eigenvalue weighted by Crippen LogP contribution is -2.17. The summed E-state index contributed by atoms with van der Waals surface area (Å²) in [4.78, 5) is 9.15. The molecule has 2 N–H and O–H groups in total. The third-order valence-electron chi connectivity index (χ3n) is 5.51. The molecule has 0 aliphatic heterocycles. The highest BCUT2D eigenvalue weighted by atomic mass is 16.5. The standard InChI is InChI=1S/C22H25N3O2/c1-23-22-24-13-19-17(14-6-4-3-5-7-14)12-18(21(27-2)20(19)25-22)15-8-10-16(26)11-9-15/h3-7,12-13,15-16,26H,8-11H2,1-2H3,(H,23,24,25). The van der Waals surface area contributed by atoms with Crippen LogP contribution in [-0.2, 0) is 0 Å². The van der Waals surface area contributed by atoms with E-state index >= 15 is 0 Å². The largest absolute Gasteiger partial charge is 0.494 e. The van der Waals surface area contributed by atoms with Crippen molar-refractivity contribution in [3.8, 4) is 16.9 Å². The molecular formula is C22H25N3O2. The molecule has 1 fully saturated rings. The Morgan fingerprint density at radius 2 is 1.85 bits per heavy atom. The fourth-order valence-electron chi connectivity index (χ4n) is 4.07. The number of fused-ring (bicyclic) bond motifs is 1. The third-order valence-corrected chi connectivity index (χ3v) is 5.51. The summed E-state index contributed by atoms with van der Waals surface area (Å²) in [6.45, 7) is 0. The molecule has 2 aromatic carbocycles. The van der Waals surface area contributed by atoms with Crippen molar-refractivity contribution in [2.24, 2.45) is 0 Å². The average molecular weight is 363 g/mol. The van der Waals surface area contributed by atoms with Crippen LogP contribution in [-0.4, -0.2) is 35.3 Å². The Hall–Kier alpha value is -2.66. The number of aromatic nitrogens is 2. The summed E-state index contributed by atoms with van der Waals surface area (Å²) in [7, 11) is 3.53. The molecule has 0 spiro atoms. The Balaban J connectivity index is 1.96. The fraction of sp³-hybridized carbons (Fsp3) is 0.364. The Morgan fingerprint density at radius 1 is 1.11 bits per heavy atom. The van der Waals surface area contributed by atoms with Gasteiger partial charge >= 0.3 is 0 Å². The van der Waals surface area contributed by atoms with Gasteiger partial charge in [0.05, 0.1) is 13.2 Å². The summed E-state index contributed by atoms with van der Waals surface area (Å²) in [5.41, 5.74) is 4.27. The molecule has 3 aromatic rings. The zero-order chi connectivity index (χ0) is 18.8. The van der Waals surface area contributed by atoms with Crippen molar-refractivity contribution in [3.63, 3.8) is 0 Å². The molecule has 1 aromatic heterocycles. The van der Waals surface area contributed by atoms with E-state index in [9.17, 15) is 5.11 Å². The number of nitrogens with one attached hydrogen (secondary N) is 1.